The topological polar surface area (TPSA) is 78.2 Å². The van der Waals surface area contributed by atoms with E-state index in [0.29, 0.717) is 17.4 Å². The summed E-state index contributed by atoms with van der Waals surface area (Å²) in [5.74, 6) is 1.05. The predicted octanol–water partition coefficient (Wildman–Crippen LogP) is 0.406. The van der Waals surface area contributed by atoms with Crippen LogP contribution in [0.2, 0.25) is 0 Å². The third kappa shape index (κ3) is 3.01. The number of aromatic nitrogens is 2. The monoisotopic (exact) mass is 251 g/mol. The largest absolute Gasteiger partial charge is 0.382 e. The molecule has 1 aromatic rings. The number of carbonyl (C=O) groups excluding carboxylic acids is 1. The molecule has 0 aromatic carbocycles. The van der Waals surface area contributed by atoms with Crippen molar-refractivity contribution in [3.63, 3.8) is 0 Å². The smallest absolute Gasteiger partial charge is 0.271 e. The van der Waals surface area contributed by atoms with E-state index in [9.17, 15) is 4.79 Å². The summed E-state index contributed by atoms with van der Waals surface area (Å²) < 4.78 is 0. The summed E-state index contributed by atoms with van der Waals surface area (Å²) in [7, 11) is 4.18. The second-order valence-corrected chi connectivity index (χ2v) is 5.20. The Morgan fingerprint density at radius 3 is 2.72 bits per heavy atom. The molecule has 1 saturated heterocycles. The van der Waals surface area contributed by atoms with Gasteiger partial charge < -0.3 is 15.5 Å². The number of nitrogens with two attached hydrogens (primary N) is 1. The minimum atomic E-state index is 0.00232. The van der Waals surface area contributed by atoms with Crippen molar-refractivity contribution < 1.29 is 4.79 Å². The number of rotatable bonds is 3. The molecule has 6 nitrogen and oxygen atoms in total. The number of nitrogen functional groups attached to an aromatic ring is 1. The van der Waals surface area contributed by atoms with Crippen LogP contribution in [0.4, 0.5) is 5.82 Å². The van der Waals surface area contributed by atoms with Crippen LogP contribution in [0, 0.1) is 5.92 Å². The van der Waals surface area contributed by atoms with Crippen molar-refractivity contribution in [3.8, 4) is 0 Å². The number of hydrogen-bond donors (Lipinski definition) is 2. The van der Waals surface area contributed by atoms with E-state index in [-0.39, 0.29) is 5.91 Å². The molecule has 1 amide bonds. The summed E-state index contributed by atoms with van der Waals surface area (Å²) in [6.07, 6.45) is 2.13. The van der Waals surface area contributed by atoms with Gasteiger partial charge in [-0.05, 0) is 32.9 Å². The van der Waals surface area contributed by atoms with E-state index < -0.39 is 0 Å². The van der Waals surface area contributed by atoms with Crippen LogP contribution in [0.3, 0.4) is 0 Å². The highest BCUT2D eigenvalue weighted by atomic mass is 16.2. The van der Waals surface area contributed by atoms with E-state index >= 15 is 0 Å². The zero-order chi connectivity index (χ0) is 13.1. The lowest BCUT2D eigenvalue weighted by molar-refractivity contribution is 0.0672. The van der Waals surface area contributed by atoms with Crippen molar-refractivity contribution in [2.45, 2.75) is 12.8 Å². The van der Waals surface area contributed by atoms with E-state index in [4.69, 9.17) is 5.73 Å². The number of nitrogens with zero attached hydrogens (tertiary/aromatic N) is 3. The van der Waals surface area contributed by atoms with Crippen LogP contribution in [-0.2, 0) is 0 Å². The highest BCUT2D eigenvalue weighted by Gasteiger charge is 2.24. The molecule has 0 unspecified atom stereocenters. The summed E-state index contributed by atoms with van der Waals surface area (Å²) >= 11 is 0. The lowest BCUT2D eigenvalue weighted by Crippen LogP contribution is -2.40. The number of H-pyrrole nitrogens is 1. The molecule has 18 heavy (non-hydrogen) atoms. The third-order valence-corrected chi connectivity index (χ3v) is 3.35. The molecule has 1 aliphatic rings. The molecule has 0 radical (unpaired) electrons. The van der Waals surface area contributed by atoms with Crippen LogP contribution in [-0.4, -0.2) is 59.6 Å². The van der Waals surface area contributed by atoms with Crippen LogP contribution >= 0.6 is 0 Å². The van der Waals surface area contributed by atoms with Crippen LogP contribution in [0.15, 0.2) is 6.07 Å². The minimum absolute atomic E-state index is 0.00232. The Balaban J connectivity index is 1.88. The van der Waals surface area contributed by atoms with Gasteiger partial charge in [0.25, 0.3) is 5.91 Å². The van der Waals surface area contributed by atoms with E-state index in [0.717, 1.165) is 32.5 Å². The Kier molecular flexibility index (Phi) is 3.86. The van der Waals surface area contributed by atoms with Crippen molar-refractivity contribution in [1.29, 1.82) is 0 Å². The molecule has 1 fully saturated rings. The van der Waals surface area contributed by atoms with Gasteiger partial charge in [-0.25, -0.2) is 0 Å². The van der Waals surface area contributed by atoms with Crippen LogP contribution in [0.5, 0.6) is 0 Å². The maximum atomic E-state index is 12.1. The number of hydrogen-bond acceptors (Lipinski definition) is 4. The third-order valence-electron chi connectivity index (χ3n) is 3.35. The van der Waals surface area contributed by atoms with E-state index in [1.54, 1.807) is 6.07 Å². The van der Waals surface area contributed by atoms with E-state index in [2.05, 4.69) is 29.2 Å². The van der Waals surface area contributed by atoms with Crippen molar-refractivity contribution >= 4 is 11.7 Å². The predicted molar refractivity (Wildman–Crippen MR) is 70.2 cm³/mol. The summed E-state index contributed by atoms with van der Waals surface area (Å²) in [5.41, 5.74) is 5.99. The first-order valence-corrected chi connectivity index (χ1v) is 6.31. The Hall–Kier alpha value is -1.56. The zero-order valence-corrected chi connectivity index (χ0v) is 11.0. The molecule has 1 aliphatic heterocycles. The molecule has 0 spiro atoms. The van der Waals surface area contributed by atoms with Crippen LogP contribution in [0.1, 0.15) is 23.3 Å². The Bertz CT molecular complexity index is 406. The average molecular weight is 251 g/mol. The van der Waals surface area contributed by atoms with Crippen molar-refractivity contribution in [2.75, 3.05) is 39.5 Å². The second-order valence-electron chi connectivity index (χ2n) is 5.20. The lowest BCUT2D eigenvalue weighted by Gasteiger charge is -2.32. The van der Waals surface area contributed by atoms with Gasteiger partial charge in [0.2, 0.25) is 0 Å². The highest BCUT2D eigenvalue weighted by molar-refractivity contribution is 5.93. The van der Waals surface area contributed by atoms with Gasteiger partial charge in [0.05, 0.1) is 0 Å². The molecule has 0 atom stereocenters. The fourth-order valence-electron chi connectivity index (χ4n) is 2.45. The normalized spacial score (nSPS) is 17.4. The molecule has 1 aromatic heterocycles. The first kappa shape index (κ1) is 12.9. The molecule has 0 saturated carbocycles. The molecule has 100 valence electrons. The maximum absolute atomic E-state index is 12.1. The summed E-state index contributed by atoms with van der Waals surface area (Å²) in [6.45, 7) is 2.73. The number of likely N-dealkylation sites (tertiary alicyclic amines) is 1. The Morgan fingerprint density at radius 2 is 2.22 bits per heavy atom. The quantitative estimate of drug-likeness (QED) is 0.815. The molecular weight excluding hydrogens is 230 g/mol. The Morgan fingerprint density at radius 1 is 1.56 bits per heavy atom. The average Bonchev–Trinajstić information content (AvgIpc) is 2.75. The van der Waals surface area contributed by atoms with Gasteiger partial charge >= 0.3 is 0 Å². The number of nitrogens with one attached hydrogen (secondary N) is 1. The van der Waals surface area contributed by atoms with Gasteiger partial charge in [-0.2, -0.15) is 5.10 Å². The zero-order valence-electron chi connectivity index (χ0n) is 11.0. The van der Waals surface area contributed by atoms with Gasteiger partial charge in [-0.3, -0.25) is 9.89 Å². The number of aromatic amines is 1. The van der Waals surface area contributed by atoms with Crippen LogP contribution in [0.25, 0.3) is 0 Å². The lowest BCUT2D eigenvalue weighted by atomic mass is 9.96. The van der Waals surface area contributed by atoms with Gasteiger partial charge in [0.15, 0.2) is 0 Å². The molecule has 3 N–H and O–H groups in total. The van der Waals surface area contributed by atoms with Crippen LogP contribution < -0.4 is 5.73 Å². The SMILES string of the molecule is CN(C)CC1CCN(C(=O)c2cc(N)n[nH]2)CC1. The van der Waals surface area contributed by atoms with Crippen molar-refractivity contribution in [3.05, 3.63) is 11.8 Å². The van der Waals surface area contributed by atoms with Gasteiger partial charge in [-0.1, -0.05) is 0 Å². The number of piperidine rings is 1. The fraction of sp³-hybridized carbons (Fsp3) is 0.667. The number of anilines is 1. The first-order chi connectivity index (χ1) is 8.56. The van der Waals surface area contributed by atoms with Crippen molar-refractivity contribution in [2.24, 2.45) is 5.92 Å². The highest BCUT2D eigenvalue weighted by Crippen LogP contribution is 2.19. The minimum Gasteiger partial charge on any atom is -0.382 e. The number of carbonyl (C=O) groups is 1. The standard InChI is InChI=1S/C12H21N5O/c1-16(2)8-9-3-5-17(6-4-9)12(18)10-7-11(13)15-14-10/h7,9H,3-6,8H2,1-2H3,(H3,13,14,15). The molecule has 0 bridgehead atoms. The fourth-order valence-corrected chi connectivity index (χ4v) is 2.45. The molecule has 6 heteroatoms. The van der Waals surface area contributed by atoms with Gasteiger partial charge in [-0.15, -0.1) is 0 Å². The van der Waals surface area contributed by atoms with E-state index in [1.807, 2.05) is 4.90 Å². The molecule has 0 aliphatic carbocycles. The second kappa shape index (κ2) is 5.39. The summed E-state index contributed by atoms with van der Waals surface area (Å²) in [4.78, 5) is 16.2. The van der Waals surface area contributed by atoms with Crippen molar-refractivity contribution in [1.82, 2.24) is 20.0 Å². The summed E-state index contributed by atoms with van der Waals surface area (Å²) in [5, 5.41) is 6.46. The van der Waals surface area contributed by atoms with E-state index in [1.165, 1.54) is 0 Å². The van der Waals surface area contributed by atoms with Gasteiger partial charge in [0, 0.05) is 25.7 Å². The maximum Gasteiger partial charge on any atom is 0.271 e. The Labute approximate surface area is 107 Å². The number of amides is 1. The molecular formula is C12H21N5O. The molecule has 2 rings (SSSR count). The first-order valence-electron chi connectivity index (χ1n) is 6.31. The van der Waals surface area contributed by atoms with Gasteiger partial charge in [0.1, 0.15) is 11.5 Å². The summed E-state index contributed by atoms with van der Waals surface area (Å²) in [6, 6.07) is 1.59. The molecule has 2 heterocycles.